The molecule has 0 amide bonds. The van der Waals surface area contributed by atoms with Crippen LogP contribution in [0.2, 0.25) is 0 Å². The molecule has 2 aromatic rings. The van der Waals surface area contributed by atoms with Crippen molar-refractivity contribution in [2.75, 3.05) is 7.11 Å². The maximum atomic E-state index is 12.6. The number of aromatic nitrogens is 2. The quantitative estimate of drug-likeness (QED) is 0.825. The molecule has 1 aromatic carbocycles. The topological polar surface area (TPSA) is 35.0 Å². The highest BCUT2D eigenvalue weighted by atomic mass is 19.4. The zero-order valence-corrected chi connectivity index (χ0v) is 9.40. The van der Waals surface area contributed by atoms with Gasteiger partial charge in [-0.15, -0.1) is 0 Å². The van der Waals surface area contributed by atoms with Crippen LogP contribution < -0.4 is 4.74 Å². The highest BCUT2D eigenvalue weighted by Crippen LogP contribution is 2.36. The van der Waals surface area contributed by atoms with Crippen molar-refractivity contribution in [1.29, 1.82) is 0 Å². The maximum Gasteiger partial charge on any atom is 0.416 e. The van der Waals surface area contributed by atoms with Crippen molar-refractivity contribution in [3.63, 3.8) is 0 Å². The predicted octanol–water partition coefficient (Wildman–Crippen LogP) is 3.17. The molecule has 0 unspecified atom stereocenters. The Morgan fingerprint density at radius 1 is 1.17 bits per heavy atom. The SMILES string of the molecule is COc1cc(C(F)(F)F)ccc1-c1cnccn1. The first-order valence-electron chi connectivity index (χ1n) is 5.04. The van der Waals surface area contributed by atoms with Gasteiger partial charge >= 0.3 is 6.18 Å². The molecule has 1 heterocycles. The van der Waals surface area contributed by atoms with E-state index in [1.165, 1.54) is 31.8 Å². The molecule has 3 nitrogen and oxygen atoms in total. The molecular weight excluding hydrogens is 245 g/mol. The molecule has 0 radical (unpaired) electrons. The summed E-state index contributed by atoms with van der Waals surface area (Å²) in [5, 5.41) is 0. The molecule has 0 aliphatic rings. The van der Waals surface area contributed by atoms with Crippen LogP contribution in [0.4, 0.5) is 13.2 Å². The molecule has 0 fully saturated rings. The highest BCUT2D eigenvalue weighted by Gasteiger charge is 2.31. The van der Waals surface area contributed by atoms with Crippen LogP contribution in [0.1, 0.15) is 5.56 Å². The van der Waals surface area contributed by atoms with Crippen molar-refractivity contribution in [3.05, 3.63) is 42.4 Å². The lowest BCUT2D eigenvalue weighted by Gasteiger charge is -2.12. The highest BCUT2D eigenvalue weighted by molar-refractivity contribution is 5.67. The minimum atomic E-state index is -4.39. The summed E-state index contributed by atoms with van der Waals surface area (Å²) in [5.74, 6) is 0.116. The van der Waals surface area contributed by atoms with Crippen molar-refractivity contribution in [1.82, 2.24) is 9.97 Å². The number of nitrogens with zero attached hydrogens (tertiary/aromatic N) is 2. The van der Waals surface area contributed by atoms with Crippen LogP contribution in [-0.2, 0) is 6.18 Å². The largest absolute Gasteiger partial charge is 0.496 e. The molecule has 0 N–H and O–H groups in total. The van der Waals surface area contributed by atoms with Gasteiger partial charge in [0, 0.05) is 18.0 Å². The summed E-state index contributed by atoms with van der Waals surface area (Å²) in [7, 11) is 1.31. The fraction of sp³-hybridized carbons (Fsp3) is 0.167. The molecule has 0 spiro atoms. The third kappa shape index (κ3) is 2.42. The Bertz CT molecular complexity index is 541. The van der Waals surface area contributed by atoms with Gasteiger partial charge < -0.3 is 4.74 Å². The first-order valence-corrected chi connectivity index (χ1v) is 5.04. The second kappa shape index (κ2) is 4.64. The van der Waals surface area contributed by atoms with E-state index in [1.807, 2.05) is 0 Å². The number of ether oxygens (including phenoxy) is 1. The van der Waals surface area contributed by atoms with Crippen LogP contribution in [0.15, 0.2) is 36.8 Å². The first kappa shape index (κ1) is 12.3. The van der Waals surface area contributed by atoms with Crippen LogP contribution in [0.25, 0.3) is 11.3 Å². The van der Waals surface area contributed by atoms with Gasteiger partial charge in [0.2, 0.25) is 0 Å². The van der Waals surface area contributed by atoms with Gasteiger partial charge in [-0.05, 0) is 18.2 Å². The van der Waals surface area contributed by atoms with E-state index in [0.29, 0.717) is 11.3 Å². The van der Waals surface area contributed by atoms with Gasteiger partial charge in [-0.2, -0.15) is 13.2 Å². The summed E-state index contributed by atoms with van der Waals surface area (Å²) >= 11 is 0. The van der Waals surface area contributed by atoms with Gasteiger partial charge in [0.15, 0.2) is 0 Å². The van der Waals surface area contributed by atoms with Crippen LogP contribution in [0.3, 0.4) is 0 Å². The van der Waals surface area contributed by atoms with Gasteiger partial charge in [-0.1, -0.05) is 0 Å². The zero-order valence-electron chi connectivity index (χ0n) is 9.40. The van der Waals surface area contributed by atoms with E-state index in [0.717, 1.165) is 12.1 Å². The third-order valence-corrected chi connectivity index (χ3v) is 2.37. The van der Waals surface area contributed by atoms with Crippen molar-refractivity contribution >= 4 is 0 Å². The van der Waals surface area contributed by atoms with Crippen LogP contribution in [-0.4, -0.2) is 17.1 Å². The molecule has 0 bridgehead atoms. The van der Waals surface area contributed by atoms with E-state index < -0.39 is 11.7 Å². The summed E-state index contributed by atoms with van der Waals surface area (Å²) < 4.78 is 42.6. The molecular formula is C12H9F3N2O. The third-order valence-electron chi connectivity index (χ3n) is 2.37. The van der Waals surface area contributed by atoms with Gasteiger partial charge in [0.25, 0.3) is 0 Å². The van der Waals surface area contributed by atoms with E-state index in [2.05, 4.69) is 9.97 Å². The summed E-state index contributed by atoms with van der Waals surface area (Å²) in [6, 6.07) is 3.27. The molecule has 0 atom stereocenters. The van der Waals surface area contributed by atoms with Crippen molar-refractivity contribution in [2.45, 2.75) is 6.18 Å². The molecule has 94 valence electrons. The Morgan fingerprint density at radius 3 is 2.50 bits per heavy atom. The molecule has 0 aliphatic heterocycles. The van der Waals surface area contributed by atoms with Crippen LogP contribution >= 0.6 is 0 Å². The average molecular weight is 254 g/mol. The predicted molar refractivity (Wildman–Crippen MR) is 59.0 cm³/mol. The number of rotatable bonds is 2. The summed E-state index contributed by atoms with van der Waals surface area (Å²) in [6.07, 6.45) is 0.0196. The minimum Gasteiger partial charge on any atom is -0.496 e. The van der Waals surface area contributed by atoms with E-state index in [1.54, 1.807) is 0 Å². The lowest BCUT2D eigenvalue weighted by molar-refractivity contribution is -0.137. The molecule has 0 aliphatic carbocycles. The Kier molecular flexibility index (Phi) is 3.18. The molecule has 6 heteroatoms. The van der Waals surface area contributed by atoms with Gasteiger partial charge in [0.1, 0.15) is 5.75 Å². The number of hydrogen-bond donors (Lipinski definition) is 0. The smallest absolute Gasteiger partial charge is 0.416 e. The molecule has 0 saturated heterocycles. The summed E-state index contributed by atoms with van der Waals surface area (Å²) in [4.78, 5) is 7.89. The second-order valence-electron chi connectivity index (χ2n) is 3.50. The number of hydrogen-bond acceptors (Lipinski definition) is 3. The van der Waals surface area contributed by atoms with Crippen molar-refractivity contribution in [2.24, 2.45) is 0 Å². The maximum absolute atomic E-state index is 12.6. The summed E-state index contributed by atoms with van der Waals surface area (Å²) in [6.45, 7) is 0. The number of alkyl halides is 3. The second-order valence-corrected chi connectivity index (χ2v) is 3.50. The van der Waals surface area contributed by atoms with E-state index in [-0.39, 0.29) is 5.75 Å². The Hall–Kier alpha value is -2.11. The van der Waals surface area contributed by atoms with Crippen molar-refractivity contribution in [3.8, 4) is 17.0 Å². The van der Waals surface area contributed by atoms with E-state index in [9.17, 15) is 13.2 Å². The molecule has 0 saturated carbocycles. The lowest BCUT2D eigenvalue weighted by atomic mass is 10.1. The number of halogens is 3. The Balaban J connectivity index is 2.51. The lowest BCUT2D eigenvalue weighted by Crippen LogP contribution is -2.05. The Morgan fingerprint density at radius 2 is 1.94 bits per heavy atom. The van der Waals surface area contributed by atoms with Crippen LogP contribution in [0.5, 0.6) is 5.75 Å². The van der Waals surface area contributed by atoms with Gasteiger partial charge in [-0.3, -0.25) is 9.97 Å². The standard InChI is InChI=1S/C12H9F3N2O/c1-18-11-6-8(12(13,14)15)2-3-9(11)10-7-16-4-5-17-10/h2-7H,1H3. The minimum absolute atomic E-state index is 0.116. The molecule has 2 rings (SSSR count). The number of benzene rings is 1. The normalized spacial score (nSPS) is 11.3. The number of methoxy groups -OCH3 is 1. The van der Waals surface area contributed by atoms with Gasteiger partial charge in [-0.25, -0.2) is 0 Å². The van der Waals surface area contributed by atoms with E-state index >= 15 is 0 Å². The fourth-order valence-corrected chi connectivity index (χ4v) is 1.52. The first-order chi connectivity index (χ1) is 8.52. The monoisotopic (exact) mass is 254 g/mol. The summed E-state index contributed by atoms with van der Waals surface area (Å²) in [5.41, 5.74) is 0.175. The van der Waals surface area contributed by atoms with Crippen LogP contribution in [0, 0.1) is 0 Å². The van der Waals surface area contributed by atoms with Gasteiger partial charge in [0.05, 0.1) is 24.6 Å². The molecule has 1 aromatic heterocycles. The Labute approximate surface area is 101 Å². The van der Waals surface area contributed by atoms with Crippen molar-refractivity contribution < 1.29 is 17.9 Å². The molecule has 18 heavy (non-hydrogen) atoms. The average Bonchev–Trinajstić information content (AvgIpc) is 2.38. The van der Waals surface area contributed by atoms with E-state index in [4.69, 9.17) is 4.74 Å². The zero-order chi connectivity index (χ0) is 13.2. The fourth-order valence-electron chi connectivity index (χ4n) is 1.52.